The van der Waals surface area contributed by atoms with Crippen LogP contribution in [0.15, 0.2) is 18.2 Å². The number of rotatable bonds is 2. The number of hydrogen-bond donors (Lipinski definition) is 0. The number of carbonyl (C=O) groups excluding carboxylic acids is 1. The van der Waals surface area contributed by atoms with Gasteiger partial charge in [-0.1, -0.05) is 0 Å². The Balaban J connectivity index is 3.35. The van der Waals surface area contributed by atoms with Crippen LogP contribution in [0, 0.1) is 5.82 Å². The fourth-order valence-electron chi connectivity index (χ4n) is 1.49. The molecule has 1 aromatic carbocycles. The first-order valence-electron chi connectivity index (χ1n) is 5.05. The number of carbonyl (C=O) groups is 1. The van der Waals surface area contributed by atoms with Crippen molar-refractivity contribution < 1.29 is 27.1 Å². The molecule has 0 spiro atoms. The van der Waals surface area contributed by atoms with Gasteiger partial charge in [-0.15, -0.1) is 0 Å². The zero-order valence-corrected chi connectivity index (χ0v) is 10.1. The second-order valence-corrected chi connectivity index (χ2v) is 4.34. The van der Waals surface area contributed by atoms with Crippen molar-refractivity contribution in [3.05, 3.63) is 35.1 Å². The van der Waals surface area contributed by atoms with E-state index in [2.05, 4.69) is 4.74 Å². The molecule has 0 radical (unpaired) electrons. The Morgan fingerprint density at radius 1 is 1.11 bits per heavy atom. The van der Waals surface area contributed by atoms with Gasteiger partial charge in [-0.3, -0.25) is 4.79 Å². The minimum absolute atomic E-state index is 0.0818. The average molecular weight is 264 g/mol. The number of alkyl halides is 3. The van der Waals surface area contributed by atoms with Gasteiger partial charge in [0.05, 0.1) is 18.1 Å². The fraction of sp³-hybridized carbons (Fsp3) is 0.417. The van der Waals surface area contributed by atoms with Gasteiger partial charge in [0, 0.05) is 0 Å². The van der Waals surface area contributed by atoms with Gasteiger partial charge >= 0.3 is 12.1 Å². The predicted molar refractivity (Wildman–Crippen MR) is 56.4 cm³/mol. The molecule has 0 saturated heterocycles. The van der Waals surface area contributed by atoms with Crippen LogP contribution in [0.4, 0.5) is 17.6 Å². The van der Waals surface area contributed by atoms with Gasteiger partial charge in [0.2, 0.25) is 0 Å². The number of methoxy groups -OCH3 is 1. The van der Waals surface area contributed by atoms with Gasteiger partial charge in [0.1, 0.15) is 5.82 Å². The molecule has 6 heteroatoms. The van der Waals surface area contributed by atoms with Crippen LogP contribution >= 0.6 is 0 Å². The molecule has 0 bridgehead atoms. The van der Waals surface area contributed by atoms with Crippen molar-refractivity contribution >= 4 is 5.97 Å². The quantitative estimate of drug-likeness (QED) is 0.605. The van der Waals surface area contributed by atoms with E-state index in [1.54, 1.807) is 0 Å². The minimum atomic E-state index is -4.66. The van der Waals surface area contributed by atoms with Gasteiger partial charge in [0.15, 0.2) is 0 Å². The summed E-state index contributed by atoms with van der Waals surface area (Å²) in [5, 5.41) is 0. The van der Waals surface area contributed by atoms with E-state index in [1.165, 1.54) is 13.8 Å². The lowest BCUT2D eigenvalue weighted by molar-refractivity contribution is -0.146. The van der Waals surface area contributed by atoms with E-state index in [-0.39, 0.29) is 5.56 Å². The molecule has 0 N–H and O–H groups in total. The highest BCUT2D eigenvalue weighted by atomic mass is 19.4. The van der Waals surface area contributed by atoms with E-state index in [4.69, 9.17) is 0 Å². The van der Waals surface area contributed by atoms with Crippen LogP contribution < -0.4 is 0 Å². The lowest BCUT2D eigenvalue weighted by Gasteiger charge is -2.23. The van der Waals surface area contributed by atoms with Crippen molar-refractivity contribution in [3.8, 4) is 0 Å². The smallest absolute Gasteiger partial charge is 0.416 e. The summed E-state index contributed by atoms with van der Waals surface area (Å²) in [4.78, 5) is 11.5. The Morgan fingerprint density at radius 3 is 2.06 bits per heavy atom. The standard InChI is InChI=1S/C12H12F4O2/c1-11(2,10(17)18-3)7-4-8(12(14,15)16)6-9(13)5-7/h4-6H,1-3H3. The van der Waals surface area contributed by atoms with Crippen LogP contribution in [-0.2, 0) is 21.1 Å². The van der Waals surface area contributed by atoms with Crippen LogP contribution in [0.25, 0.3) is 0 Å². The number of esters is 1. The molecule has 100 valence electrons. The van der Waals surface area contributed by atoms with E-state index < -0.39 is 28.9 Å². The molecule has 0 aliphatic heterocycles. The van der Waals surface area contributed by atoms with Crippen molar-refractivity contribution in [2.24, 2.45) is 0 Å². The highest BCUT2D eigenvalue weighted by molar-refractivity contribution is 5.82. The van der Waals surface area contributed by atoms with Crippen molar-refractivity contribution in [1.29, 1.82) is 0 Å². The van der Waals surface area contributed by atoms with Crippen LogP contribution in [0.1, 0.15) is 25.0 Å². The molecule has 18 heavy (non-hydrogen) atoms. The van der Waals surface area contributed by atoms with E-state index in [1.807, 2.05) is 0 Å². The van der Waals surface area contributed by atoms with Gasteiger partial charge in [0.25, 0.3) is 0 Å². The lowest BCUT2D eigenvalue weighted by Crippen LogP contribution is -2.30. The molecule has 0 heterocycles. The molecule has 2 nitrogen and oxygen atoms in total. The molecular formula is C12H12F4O2. The van der Waals surface area contributed by atoms with Crippen molar-refractivity contribution in [2.45, 2.75) is 25.4 Å². The molecule has 0 fully saturated rings. The first-order chi connectivity index (χ1) is 8.09. The molecular weight excluding hydrogens is 252 g/mol. The van der Waals surface area contributed by atoms with E-state index in [9.17, 15) is 22.4 Å². The van der Waals surface area contributed by atoms with E-state index >= 15 is 0 Å². The van der Waals surface area contributed by atoms with Crippen molar-refractivity contribution in [3.63, 3.8) is 0 Å². The maximum absolute atomic E-state index is 13.2. The molecule has 0 aliphatic carbocycles. The fourth-order valence-corrected chi connectivity index (χ4v) is 1.49. The van der Waals surface area contributed by atoms with E-state index in [0.29, 0.717) is 6.07 Å². The topological polar surface area (TPSA) is 26.3 Å². The highest BCUT2D eigenvalue weighted by Crippen LogP contribution is 2.34. The van der Waals surface area contributed by atoms with E-state index in [0.717, 1.165) is 19.2 Å². The molecule has 1 aromatic rings. The van der Waals surface area contributed by atoms with Crippen LogP contribution in [0.3, 0.4) is 0 Å². The number of benzene rings is 1. The van der Waals surface area contributed by atoms with Crippen molar-refractivity contribution in [2.75, 3.05) is 7.11 Å². The minimum Gasteiger partial charge on any atom is -0.468 e. The third-order valence-corrected chi connectivity index (χ3v) is 2.64. The Bertz CT molecular complexity index is 464. The number of halogens is 4. The Hall–Kier alpha value is -1.59. The van der Waals surface area contributed by atoms with Crippen molar-refractivity contribution in [1.82, 2.24) is 0 Å². The van der Waals surface area contributed by atoms with Crippen LogP contribution in [0.2, 0.25) is 0 Å². The number of ether oxygens (including phenoxy) is 1. The summed E-state index contributed by atoms with van der Waals surface area (Å²) in [5.41, 5.74) is -2.56. The maximum atomic E-state index is 13.2. The van der Waals surface area contributed by atoms with Gasteiger partial charge in [-0.25, -0.2) is 4.39 Å². The Kier molecular flexibility index (Phi) is 3.69. The predicted octanol–water partition coefficient (Wildman–Crippen LogP) is 3.30. The SMILES string of the molecule is COC(=O)C(C)(C)c1cc(F)cc(C(F)(F)F)c1. The van der Waals surface area contributed by atoms with Crippen LogP contribution in [-0.4, -0.2) is 13.1 Å². The lowest BCUT2D eigenvalue weighted by atomic mass is 9.84. The number of hydrogen-bond acceptors (Lipinski definition) is 2. The molecule has 0 amide bonds. The normalized spacial score (nSPS) is 12.4. The summed E-state index contributed by atoms with van der Waals surface area (Å²) in [5.74, 6) is -1.78. The summed E-state index contributed by atoms with van der Waals surface area (Å²) in [7, 11) is 1.12. The summed E-state index contributed by atoms with van der Waals surface area (Å²) in [6.45, 7) is 2.74. The monoisotopic (exact) mass is 264 g/mol. The largest absolute Gasteiger partial charge is 0.468 e. The Labute approximate surface area is 102 Å². The van der Waals surface area contributed by atoms with Gasteiger partial charge in [-0.2, -0.15) is 13.2 Å². The second kappa shape index (κ2) is 4.59. The molecule has 1 rings (SSSR count). The second-order valence-electron chi connectivity index (χ2n) is 4.34. The van der Waals surface area contributed by atoms with Crippen LogP contribution in [0.5, 0.6) is 0 Å². The van der Waals surface area contributed by atoms with Gasteiger partial charge < -0.3 is 4.74 Å². The first kappa shape index (κ1) is 14.5. The zero-order valence-electron chi connectivity index (χ0n) is 10.1. The first-order valence-corrected chi connectivity index (χ1v) is 5.05. The molecule has 0 aliphatic rings. The molecule has 0 aromatic heterocycles. The summed E-state index contributed by atoms with van der Waals surface area (Å²) >= 11 is 0. The third-order valence-electron chi connectivity index (χ3n) is 2.64. The highest BCUT2D eigenvalue weighted by Gasteiger charge is 2.36. The molecule has 0 unspecified atom stereocenters. The molecule has 0 saturated carbocycles. The molecule has 0 atom stereocenters. The summed E-state index contributed by atoms with van der Waals surface area (Å²) in [6, 6.07) is 2.03. The maximum Gasteiger partial charge on any atom is 0.416 e. The van der Waals surface area contributed by atoms with Gasteiger partial charge in [-0.05, 0) is 37.6 Å². The third kappa shape index (κ3) is 2.80. The summed E-state index contributed by atoms with van der Waals surface area (Å²) < 4.78 is 55.3. The zero-order chi connectivity index (χ0) is 14.1. The Morgan fingerprint density at radius 2 is 1.61 bits per heavy atom. The summed E-state index contributed by atoms with van der Waals surface area (Å²) in [6.07, 6.45) is -4.66. The average Bonchev–Trinajstić information content (AvgIpc) is 2.25.